The summed E-state index contributed by atoms with van der Waals surface area (Å²) < 4.78 is 1.22. The summed E-state index contributed by atoms with van der Waals surface area (Å²) in [5, 5.41) is 12.2. The zero-order valence-electron chi connectivity index (χ0n) is 10.4. The van der Waals surface area contributed by atoms with Crippen molar-refractivity contribution in [2.24, 2.45) is 0 Å². The second-order valence-electron chi connectivity index (χ2n) is 4.05. The fourth-order valence-electron chi connectivity index (χ4n) is 1.68. The number of fused-ring (bicyclic) bond motifs is 1. The van der Waals surface area contributed by atoms with Gasteiger partial charge in [0.1, 0.15) is 5.65 Å². The summed E-state index contributed by atoms with van der Waals surface area (Å²) in [6, 6.07) is 3.37. The van der Waals surface area contributed by atoms with Gasteiger partial charge in [-0.15, -0.1) is 6.58 Å². The Kier molecular flexibility index (Phi) is 3.33. The van der Waals surface area contributed by atoms with Gasteiger partial charge in [-0.05, 0) is 24.6 Å². The Hall–Kier alpha value is -2.63. The Morgan fingerprint density at radius 3 is 3.05 bits per heavy atom. The number of aromatic nitrogens is 2. The Bertz CT molecular complexity index is 719. The summed E-state index contributed by atoms with van der Waals surface area (Å²) in [6.07, 6.45) is 2.99. The number of carbonyl (C=O) groups excluding carboxylic acids is 1. The van der Waals surface area contributed by atoms with Gasteiger partial charge >= 0.3 is 0 Å². The number of nitrogens with zero attached hydrogens (tertiary/aromatic N) is 2. The van der Waals surface area contributed by atoms with E-state index in [0.29, 0.717) is 5.65 Å². The first kappa shape index (κ1) is 12.8. The van der Waals surface area contributed by atoms with Crippen molar-refractivity contribution in [1.82, 2.24) is 14.7 Å². The van der Waals surface area contributed by atoms with E-state index in [1.807, 2.05) is 6.92 Å². The average molecular weight is 259 g/mol. The molecular formula is C13H13N3O3. The summed E-state index contributed by atoms with van der Waals surface area (Å²) in [5.41, 5.74) is 0.213. The molecule has 98 valence electrons. The maximum atomic E-state index is 12.1. The molecule has 0 bridgehead atoms. The zero-order valence-corrected chi connectivity index (χ0v) is 10.4. The molecule has 1 amide bonds. The first-order valence-corrected chi connectivity index (χ1v) is 5.65. The summed E-state index contributed by atoms with van der Waals surface area (Å²) in [5.74, 6) is -1.25. The molecule has 6 nitrogen and oxygen atoms in total. The normalized spacial score (nSPS) is 10.4. The van der Waals surface area contributed by atoms with E-state index in [2.05, 4.69) is 16.9 Å². The van der Waals surface area contributed by atoms with Crippen LogP contribution in [0, 0.1) is 6.92 Å². The molecule has 2 aromatic rings. The van der Waals surface area contributed by atoms with Crippen molar-refractivity contribution in [3.8, 4) is 5.88 Å². The summed E-state index contributed by atoms with van der Waals surface area (Å²) in [7, 11) is 0. The van der Waals surface area contributed by atoms with Crippen molar-refractivity contribution < 1.29 is 9.90 Å². The SMILES string of the molecule is C=CCNC(=O)c1c(O)nc2cc(C)ccn2c1=O. The van der Waals surface area contributed by atoms with Crippen molar-refractivity contribution in [2.45, 2.75) is 6.92 Å². The van der Waals surface area contributed by atoms with Crippen LogP contribution in [0.15, 0.2) is 35.8 Å². The van der Waals surface area contributed by atoms with E-state index in [-0.39, 0.29) is 12.1 Å². The third-order valence-electron chi connectivity index (χ3n) is 2.60. The molecule has 2 aromatic heterocycles. The lowest BCUT2D eigenvalue weighted by Gasteiger charge is -2.07. The van der Waals surface area contributed by atoms with Gasteiger partial charge in [-0.2, -0.15) is 4.98 Å². The highest BCUT2D eigenvalue weighted by Crippen LogP contribution is 2.12. The first-order chi connectivity index (χ1) is 9.04. The van der Waals surface area contributed by atoms with Crippen LogP contribution < -0.4 is 10.9 Å². The monoisotopic (exact) mass is 259 g/mol. The summed E-state index contributed by atoms with van der Waals surface area (Å²) in [4.78, 5) is 27.8. The number of pyridine rings is 1. The third-order valence-corrected chi connectivity index (χ3v) is 2.60. The highest BCUT2D eigenvalue weighted by Gasteiger charge is 2.19. The largest absolute Gasteiger partial charge is 0.493 e. The van der Waals surface area contributed by atoms with Crippen molar-refractivity contribution in [1.29, 1.82) is 0 Å². The Balaban J connectivity index is 2.63. The van der Waals surface area contributed by atoms with Crippen LogP contribution in [0.5, 0.6) is 5.88 Å². The van der Waals surface area contributed by atoms with Crippen molar-refractivity contribution in [3.63, 3.8) is 0 Å². The molecule has 6 heteroatoms. The number of carbonyl (C=O) groups is 1. The van der Waals surface area contributed by atoms with Crippen molar-refractivity contribution in [2.75, 3.05) is 6.54 Å². The Labute approximate surface area is 109 Å². The smallest absolute Gasteiger partial charge is 0.274 e. The maximum absolute atomic E-state index is 12.1. The quantitative estimate of drug-likeness (QED) is 0.792. The van der Waals surface area contributed by atoms with Gasteiger partial charge in [-0.1, -0.05) is 6.08 Å². The van der Waals surface area contributed by atoms with Crippen LogP contribution in [0.2, 0.25) is 0 Å². The van der Waals surface area contributed by atoms with Crippen molar-refractivity contribution >= 4 is 11.6 Å². The van der Waals surface area contributed by atoms with Crippen LogP contribution in [0.3, 0.4) is 0 Å². The molecule has 0 radical (unpaired) electrons. The second kappa shape index (κ2) is 4.93. The molecule has 0 unspecified atom stereocenters. The summed E-state index contributed by atoms with van der Waals surface area (Å²) in [6.45, 7) is 5.50. The lowest BCUT2D eigenvalue weighted by atomic mass is 10.2. The molecule has 0 aliphatic rings. The van der Waals surface area contributed by atoms with Gasteiger partial charge in [0.05, 0.1) is 0 Å². The van der Waals surface area contributed by atoms with E-state index in [1.165, 1.54) is 16.7 Å². The molecule has 0 aromatic carbocycles. The van der Waals surface area contributed by atoms with Gasteiger partial charge in [-0.25, -0.2) is 0 Å². The van der Waals surface area contributed by atoms with Crippen LogP contribution in [0.4, 0.5) is 0 Å². The van der Waals surface area contributed by atoms with Gasteiger partial charge in [0.15, 0.2) is 5.56 Å². The van der Waals surface area contributed by atoms with E-state index in [1.54, 1.807) is 12.1 Å². The van der Waals surface area contributed by atoms with Gasteiger partial charge in [0, 0.05) is 12.7 Å². The highest BCUT2D eigenvalue weighted by molar-refractivity contribution is 5.96. The molecule has 0 saturated heterocycles. The third kappa shape index (κ3) is 2.33. The molecule has 0 saturated carbocycles. The molecule has 0 aliphatic carbocycles. The van der Waals surface area contributed by atoms with Crippen LogP contribution in [0.25, 0.3) is 5.65 Å². The van der Waals surface area contributed by atoms with Gasteiger partial charge in [0.25, 0.3) is 11.5 Å². The fraction of sp³-hybridized carbons (Fsp3) is 0.154. The van der Waals surface area contributed by atoms with Gasteiger partial charge in [0.2, 0.25) is 5.88 Å². The van der Waals surface area contributed by atoms with Crippen LogP contribution in [-0.4, -0.2) is 26.9 Å². The number of aromatic hydroxyl groups is 1. The number of aryl methyl sites for hydroxylation is 1. The average Bonchev–Trinajstić information content (AvgIpc) is 2.35. The fourth-order valence-corrected chi connectivity index (χ4v) is 1.68. The van der Waals surface area contributed by atoms with Gasteiger partial charge in [-0.3, -0.25) is 14.0 Å². The van der Waals surface area contributed by atoms with E-state index < -0.39 is 17.3 Å². The minimum Gasteiger partial charge on any atom is -0.493 e. The van der Waals surface area contributed by atoms with E-state index in [9.17, 15) is 14.7 Å². The predicted octanol–water partition coefficient (Wildman–Crippen LogP) is 0.624. The molecule has 0 spiro atoms. The highest BCUT2D eigenvalue weighted by atomic mass is 16.3. The number of nitrogens with one attached hydrogen (secondary N) is 1. The van der Waals surface area contributed by atoms with E-state index in [0.717, 1.165) is 5.56 Å². The molecule has 19 heavy (non-hydrogen) atoms. The summed E-state index contributed by atoms with van der Waals surface area (Å²) >= 11 is 0. The molecule has 0 atom stereocenters. The predicted molar refractivity (Wildman–Crippen MR) is 70.4 cm³/mol. The second-order valence-corrected chi connectivity index (χ2v) is 4.05. The van der Waals surface area contributed by atoms with Crippen LogP contribution in [-0.2, 0) is 0 Å². The molecule has 2 N–H and O–H groups in total. The number of hydrogen-bond acceptors (Lipinski definition) is 4. The van der Waals surface area contributed by atoms with E-state index in [4.69, 9.17) is 0 Å². The molecule has 2 rings (SSSR count). The topological polar surface area (TPSA) is 83.7 Å². The lowest BCUT2D eigenvalue weighted by Crippen LogP contribution is -2.31. The number of rotatable bonds is 3. The Morgan fingerprint density at radius 2 is 2.37 bits per heavy atom. The lowest BCUT2D eigenvalue weighted by molar-refractivity contribution is 0.0953. The molecule has 2 heterocycles. The Morgan fingerprint density at radius 1 is 1.63 bits per heavy atom. The first-order valence-electron chi connectivity index (χ1n) is 5.65. The van der Waals surface area contributed by atoms with Crippen LogP contribution in [0.1, 0.15) is 15.9 Å². The van der Waals surface area contributed by atoms with Crippen molar-refractivity contribution in [3.05, 3.63) is 52.5 Å². The maximum Gasteiger partial charge on any atom is 0.274 e. The van der Waals surface area contributed by atoms with Crippen LogP contribution >= 0.6 is 0 Å². The number of amides is 1. The number of hydrogen-bond donors (Lipinski definition) is 2. The molecule has 0 fully saturated rings. The minimum absolute atomic E-state index is 0.203. The standard InChI is InChI=1S/C13H13N3O3/c1-3-5-14-11(17)10-12(18)15-9-7-8(2)4-6-16(9)13(10)19/h3-4,6-7,18H,1,5H2,2H3,(H,14,17). The minimum atomic E-state index is -0.676. The van der Waals surface area contributed by atoms with Gasteiger partial charge < -0.3 is 10.4 Å². The van der Waals surface area contributed by atoms with E-state index >= 15 is 0 Å². The zero-order chi connectivity index (χ0) is 14.0. The molecular weight excluding hydrogens is 246 g/mol. The molecule has 0 aliphatic heterocycles.